The quantitative estimate of drug-likeness (QED) is 0.737. The molecule has 2 unspecified atom stereocenters. The summed E-state index contributed by atoms with van der Waals surface area (Å²) in [5, 5.41) is 18.8. The third-order valence-corrected chi connectivity index (χ3v) is 3.46. The van der Waals surface area contributed by atoms with Crippen molar-refractivity contribution in [2.75, 3.05) is 27.2 Å². The van der Waals surface area contributed by atoms with Crippen molar-refractivity contribution in [2.45, 2.75) is 38.8 Å². The second-order valence-corrected chi connectivity index (χ2v) is 6.22. The number of nitrogens with zero attached hydrogens (tertiary/aromatic N) is 2. The topological polar surface area (TPSA) is 81.1 Å². The minimum Gasteiger partial charge on any atom is -0.481 e. The van der Waals surface area contributed by atoms with Gasteiger partial charge in [-0.05, 0) is 34.4 Å². The lowest BCUT2D eigenvalue weighted by molar-refractivity contribution is -0.151. The molecule has 1 saturated heterocycles. The van der Waals surface area contributed by atoms with E-state index in [1.807, 2.05) is 19.0 Å². The van der Waals surface area contributed by atoms with Gasteiger partial charge in [-0.2, -0.15) is 0 Å². The number of carbonyl (C=O) groups excluding carboxylic acids is 1. The maximum absolute atomic E-state index is 12.2. The number of β-amino-alcohol motifs (C(OH)–C–C–N with tert-alkyl or cyclic N) is 1. The number of likely N-dealkylation sites (N-methyl/N-ethyl adjacent to an activating group) is 1. The Balaban J connectivity index is 2.71. The van der Waals surface area contributed by atoms with Crippen LogP contribution in [0.2, 0.25) is 0 Å². The van der Waals surface area contributed by atoms with Crippen LogP contribution in [-0.4, -0.2) is 71.2 Å². The number of amides is 1. The smallest absolute Gasteiger partial charge is 0.309 e. The van der Waals surface area contributed by atoms with E-state index in [2.05, 4.69) is 0 Å². The van der Waals surface area contributed by atoms with Gasteiger partial charge in [0.2, 0.25) is 5.91 Å². The Bertz CT molecular complexity index is 355. The number of carboxylic acid groups (broad SMARTS) is 1. The van der Waals surface area contributed by atoms with Gasteiger partial charge in [0.25, 0.3) is 0 Å². The third kappa shape index (κ3) is 4.18. The molecule has 6 nitrogen and oxygen atoms in total. The van der Waals surface area contributed by atoms with E-state index in [4.69, 9.17) is 5.11 Å². The summed E-state index contributed by atoms with van der Waals surface area (Å²) in [5.41, 5.74) is -1.08. The van der Waals surface area contributed by atoms with Crippen LogP contribution in [0.25, 0.3) is 0 Å². The highest BCUT2D eigenvalue weighted by Gasteiger charge is 2.38. The second-order valence-electron chi connectivity index (χ2n) is 6.22. The highest BCUT2D eigenvalue weighted by Crippen LogP contribution is 2.26. The van der Waals surface area contributed by atoms with Crippen LogP contribution >= 0.6 is 0 Å². The molecule has 0 saturated carbocycles. The summed E-state index contributed by atoms with van der Waals surface area (Å²) in [6, 6.07) is -0.0397. The zero-order chi connectivity index (χ0) is 14.8. The van der Waals surface area contributed by atoms with Crippen molar-refractivity contribution in [3.8, 4) is 0 Å². The Hall–Kier alpha value is -1.14. The summed E-state index contributed by atoms with van der Waals surface area (Å²) in [7, 11) is 3.82. The van der Waals surface area contributed by atoms with Gasteiger partial charge in [-0.3, -0.25) is 9.59 Å². The molecule has 2 N–H and O–H groups in total. The number of aliphatic hydroxyl groups excluding tert-OH is 1. The molecule has 0 aliphatic carbocycles. The van der Waals surface area contributed by atoms with Crippen molar-refractivity contribution < 1.29 is 19.8 Å². The van der Waals surface area contributed by atoms with Crippen molar-refractivity contribution in [2.24, 2.45) is 5.41 Å². The first-order valence-corrected chi connectivity index (χ1v) is 6.49. The molecule has 0 radical (unpaired) electrons. The largest absolute Gasteiger partial charge is 0.481 e. The summed E-state index contributed by atoms with van der Waals surface area (Å²) in [5.74, 6) is -1.18. The van der Waals surface area contributed by atoms with Crippen LogP contribution in [0.3, 0.4) is 0 Å². The number of hydrogen-bond donors (Lipinski definition) is 2. The van der Waals surface area contributed by atoms with E-state index < -0.39 is 17.5 Å². The standard InChI is InChI=1S/C13H24N2O4/c1-13(2,12(18)19)6-11(17)15-8-10(16)5-9(15)7-14(3)4/h9-10,16H,5-8H2,1-4H3,(H,18,19). The molecule has 0 aromatic rings. The molecule has 6 heteroatoms. The number of aliphatic carboxylic acids is 1. The third-order valence-electron chi connectivity index (χ3n) is 3.46. The number of aliphatic hydroxyl groups is 1. The van der Waals surface area contributed by atoms with Gasteiger partial charge in [-0.15, -0.1) is 0 Å². The molecule has 1 amide bonds. The summed E-state index contributed by atoms with van der Waals surface area (Å²) in [4.78, 5) is 26.9. The number of likely N-dealkylation sites (tertiary alicyclic amines) is 1. The molecule has 2 atom stereocenters. The molecule has 0 aromatic carbocycles. The fraction of sp³-hybridized carbons (Fsp3) is 0.846. The molecule has 1 aliphatic heterocycles. The molecule has 1 heterocycles. The van der Waals surface area contributed by atoms with E-state index in [-0.39, 0.29) is 18.4 Å². The Morgan fingerprint density at radius 2 is 1.95 bits per heavy atom. The van der Waals surface area contributed by atoms with Gasteiger partial charge in [-0.1, -0.05) is 0 Å². The van der Waals surface area contributed by atoms with Crippen molar-refractivity contribution in [3.05, 3.63) is 0 Å². The molecule has 0 spiro atoms. The van der Waals surface area contributed by atoms with Crippen LogP contribution in [0.15, 0.2) is 0 Å². The molecule has 1 rings (SSSR count). The van der Waals surface area contributed by atoms with E-state index in [1.54, 1.807) is 18.7 Å². The molecule has 110 valence electrons. The summed E-state index contributed by atoms with van der Waals surface area (Å²) in [6.45, 7) is 4.06. The van der Waals surface area contributed by atoms with Gasteiger partial charge in [-0.25, -0.2) is 0 Å². The lowest BCUT2D eigenvalue weighted by Crippen LogP contribution is -2.43. The first-order valence-electron chi connectivity index (χ1n) is 6.49. The SMILES string of the molecule is CN(C)CC1CC(O)CN1C(=O)CC(C)(C)C(=O)O. The molecule has 1 fully saturated rings. The first-order chi connectivity index (χ1) is 8.63. The van der Waals surface area contributed by atoms with Gasteiger partial charge in [0, 0.05) is 25.6 Å². The maximum Gasteiger partial charge on any atom is 0.309 e. The van der Waals surface area contributed by atoms with Gasteiger partial charge < -0.3 is 20.0 Å². The molecular weight excluding hydrogens is 248 g/mol. The number of carbonyl (C=O) groups is 2. The first kappa shape index (κ1) is 15.9. The van der Waals surface area contributed by atoms with Gasteiger partial charge >= 0.3 is 5.97 Å². The van der Waals surface area contributed by atoms with E-state index in [1.165, 1.54) is 0 Å². The molecule has 0 bridgehead atoms. The number of carboxylic acids is 1. The maximum atomic E-state index is 12.2. The highest BCUT2D eigenvalue weighted by atomic mass is 16.4. The number of rotatable bonds is 5. The second kappa shape index (κ2) is 5.88. The average molecular weight is 272 g/mol. The molecule has 1 aliphatic rings. The van der Waals surface area contributed by atoms with Crippen molar-refractivity contribution in [1.29, 1.82) is 0 Å². The zero-order valence-corrected chi connectivity index (χ0v) is 12.1. The lowest BCUT2D eigenvalue weighted by Gasteiger charge is -2.29. The van der Waals surface area contributed by atoms with E-state index >= 15 is 0 Å². The highest BCUT2D eigenvalue weighted by molar-refractivity contribution is 5.84. The molecular formula is C13H24N2O4. The van der Waals surface area contributed by atoms with E-state index in [9.17, 15) is 14.7 Å². The van der Waals surface area contributed by atoms with Crippen LogP contribution in [-0.2, 0) is 9.59 Å². The fourth-order valence-corrected chi connectivity index (χ4v) is 2.35. The summed E-state index contributed by atoms with van der Waals surface area (Å²) >= 11 is 0. The monoisotopic (exact) mass is 272 g/mol. The van der Waals surface area contributed by atoms with Gasteiger partial charge in [0.05, 0.1) is 11.5 Å². The number of hydrogen-bond acceptors (Lipinski definition) is 4. The van der Waals surface area contributed by atoms with Crippen molar-refractivity contribution in [3.63, 3.8) is 0 Å². The van der Waals surface area contributed by atoms with E-state index in [0.717, 1.165) is 0 Å². The average Bonchev–Trinajstić information content (AvgIpc) is 2.57. The zero-order valence-electron chi connectivity index (χ0n) is 12.1. The Labute approximate surface area is 114 Å². The lowest BCUT2D eigenvalue weighted by atomic mass is 9.89. The van der Waals surface area contributed by atoms with Crippen LogP contribution in [0.1, 0.15) is 26.7 Å². The summed E-state index contributed by atoms with van der Waals surface area (Å²) in [6.07, 6.45) is -0.00187. The van der Waals surface area contributed by atoms with Crippen LogP contribution in [0, 0.1) is 5.41 Å². The van der Waals surface area contributed by atoms with E-state index in [0.29, 0.717) is 19.5 Å². The van der Waals surface area contributed by atoms with Crippen LogP contribution < -0.4 is 0 Å². The fourth-order valence-electron chi connectivity index (χ4n) is 2.35. The van der Waals surface area contributed by atoms with Crippen LogP contribution in [0.5, 0.6) is 0 Å². The molecule has 0 aromatic heterocycles. The normalized spacial score (nSPS) is 24.0. The Morgan fingerprint density at radius 1 is 1.37 bits per heavy atom. The van der Waals surface area contributed by atoms with Crippen molar-refractivity contribution in [1.82, 2.24) is 9.80 Å². The van der Waals surface area contributed by atoms with Gasteiger partial charge in [0.15, 0.2) is 0 Å². The Morgan fingerprint density at radius 3 is 2.42 bits per heavy atom. The van der Waals surface area contributed by atoms with Gasteiger partial charge in [0.1, 0.15) is 0 Å². The minimum absolute atomic E-state index is 0.0397. The van der Waals surface area contributed by atoms with Crippen LogP contribution in [0.4, 0.5) is 0 Å². The summed E-state index contributed by atoms with van der Waals surface area (Å²) < 4.78 is 0. The molecule has 19 heavy (non-hydrogen) atoms. The Kier molecular flexibility index (Phi) is 4.92. The van der Waals surface area contributed by atoms with Crippen molar-refractivity contribution >= 4 is 11.9 Å². The predicted molar refractivity (Wildman–Crippen MR) is 70.7 cm³/mol. The minimum atomic E-state index is -1.08. The predicted octanol–water partition coefficient (Wildman–Crippen LogP) is 0.0107.